The Labute approximate surface area is 108 Å². The predicted octanol–water partition coefficient (Wildman–Crippen LogP) is 2.19. The van der Waals surface area contributed by atoms with Gasteiger partial charge in [-0.1, -0.05) is 37.3 Å². The fourth-order valence-electron chi connectivity index (χ4n) is 2.70. The van der Waals surface area contributed by atoms with Crippen molar-refractivity contribution in [2.24, 2.45) is 5.92 Å². The molecule has 1 fully saturated rings. The van der Waals surface area contributed by atoms with E-state index in [9.17, 15) is 9.90 Å². The fourth-order valence-corrected chi connectivity index (χ4v) is 2.70. The zero-order valence-corrected chi connectivity index (χ0v) is 11.0. The first kappa shape index (κ1) is 13.1. The van der Waals surface area contributed by atoms with E-state index in [0.29, 0.717) is 19.4 Å². The third kappa shape index (κ3) is 2.56. The molecule has 3 heteroatoms. The first-order chi connectivity index (χ1) is 8.63. The van der Waals surface area contributed by atoms with Crippen LogP contribution in [0.4, 0.5) is 0 Å². The lowest BCUT2D eigenvalue weighted by atomic mass is 9.87. The van der Waals surface area contributed by atoms with Crippen molar-refractivity contribution in [3.8, 4) is 0 Å². The summed E-state index contributed by atoms with van der Waals surface area (Å²) >= 11 is 0. The molecule has 0 bridgehead atoms. The zero-order chi connectivity index (χ0) is 13.1. The fraction of sp³-hybridized carbons (Fsp3) is 0.533. The number of aliphatic hydroxyl groups is 1. The zero-order valence-electron chi connectivity index (χ0n) is 11.0. The Morgan fingerprint density at radius 2 is 2.00 bits per heavy atom. The van der Waals surface area contributed by atoms with Crippen LogP contribution in [0.3, 0.4) is 0 Å². The second kappa shape index (κ2) is 5.53. The molecule has 1 aromatic carbocycles. The number of nitrogens with zero attached hydrogens (tertiary/aromatic N) is 1. The standard InChI is InChI=1S/C15H21NO2/c1-3-13-14(17)9-11(2)16(15(13)18)10-12-7-5-4-6-8-12/h4-8,11,13-14,17H,3,9-10H2,1-2H3/t11?,13-,14?/m0/s1. The first-order valence-electron chi connectivity index (χ1n) is 6.66. The number of amides is 1. The van der Waals surface area contributed by atoms with Gasteiger partial charge in [-0.05, 0) is 25.3 Å². The molecule has 1 amide bonds. The van der Waals surface area contributed by atoms with Crippen molar-refractivity contribution in [2.75, 3.05) is 0 Å². The van der Waals surface area contributed by atoms with Crippen molar-refractivity contribution < 1.29 is 9.90 Å². The minimum atomic E-state index is -0.482. The second-order valence-electron chi connectivity index (χ2n) is 5.12. The maximum Gasteiger partial charge on any atom is 0.228 e. The third-order valence-corrected chi connectivity index (χ3v) is 3.81. The highest BCUT2D eigenvalue weighted by Gasteiger charge is 2.37. The van der Waals surface area contributed by atoms with Crippen LogP contribution >= 0.6 is 0 Å². The number of hydrogen-bond donors (Lipinski definition) is 1. The second-order valence-corrected chi connectivity index (χ2v) is 5.12. The lowest BCUT2D eigenvalue weighted by Crippen LogP contribution is -2.51. The molecule has 2 rings (SSSR count). The summed E-state index contributed by atoms with van der Waals surface area (Å²) < 4.78 is 0. The Kier molecular flexibility index (Phi) is 4.02. The smallest absolute Gasteiger partial charge is 0.228 e. The Hall–Kier alpha value is -1.35. The quantitative estimate of drug-likeness (QED) is 0.889. The predicted molar refractivity (Wildman–Crippen MR) is 70.9 cm³/mol. The molecule has 3 atom stereocenters. The van der Waals surface area contributed by atoms with Crippen LogP contribution < -0.4 is 0 Å². The van der Waals surface area contributed by atoms with E-state index in [-0.39, 0.29) is 17.9 Å². The molecule has 1 saturated heterocycles. The average molecular weight is 247 g/mol. The van der Waals surface area contributed by atoms with Gasteiger partial charge in [-0.15, -0.1) is 0 Å². The molecule has 0 radical (unpaired) electrons. The van der Waals surface area contributed by atoms with Gasteiger partial charge >= 0.3 is 0 Å². The molecule has 0 aliphatic carbocycles. The highest BCUT2D eigenvalue weighted by Crippen LogP contribution is 2.27. The summed E-state index contributed by atoms with van der Waals surface area (Å²) in [5.74, 6) is -0.141. The normalized spacial score (nSPS) is 28.5. The minimum Gasteiger partial charge on any atom is -0.392 e. The maximum absolute atomic E-state index is 12.3. The van der Waals surface area contributed by atoms with Crippen molar-refractivity contribution >= 4 is 5.91 Å². The lowest BCUT2D eigenvalue weighted by molar-refractivity contribution is -0.149. The van der Waals surface area contributed by atoms with E-state index in [0.717, 1.165) is 5.56 Å². The molecule has 18 heavy (non-hydrogen) atoms. The summed E-state index contributed by atoms with van der Waals surface area (Å²) in [6, 6.07) is 10.1. The summed E-state index contributed by atoms with van der Waals surface area (Å²) in [6.07, 6.45) is 0.902. The molecule has 98 valence electrons. The number of carbonyl (C=O) groups is 1. The summed E-state index contributed by atoms with van der Waals surface area (Å²) in [7, 11) is 0. The van der Waals surface area contributed by atoms with E-state index in [1.807, 2.05) is 49.1 Å². The van der Waals surface area contributed by atoms with E-state index < -0.39 is 6.10 Å². The van der Waals surface area contributed by atoms with Gasteiger partial charge in [0.25, 0.3) is 0 Å². The Bertz CT molecular complexity index is 404. The molecular formula is C15H21NO2. The van der Waals surface area contributed by atoms with Crippen LogP contribution in [-0.4, -0.2) is 28.1 Å². The third-order valence-electron chi connectivity index (χ3n) is 3.81. The topological polar surface area (TPSA) is 40.5 Å². The molecule has 1 aliphatic heterocycles. The van der Waals surface area contributed by atoms with E-state index in [1.165, 1.54) is 0 Å². The SMILES string of the molecule is CC[C@@H]1C(=O)N(Cc2ccccc2)C(C)CC1O. The maximum atomic E-state index is 12.3. The van der Waals surface area contributed by atoms with Crippen LogP contribution in [0.25, 0.3) is 0 Å². The van der Waals surface area contributed by atoms with E-state index >= 15 is 0 Å². The highest BCUT2D eigenvalue weighted by molar-refractivity contribution is 5.80. The van der Waals surface area contributed by atoms with Gasteiger partial charge in [-0.25, -0.2) is 0 Å². The van der Waals surface area contributed by atoms with E-state index in [4.69, 9.17) is 0 Å². The lowest BCUT2D eigenvalue weighted by Gasteiger charge is -2.40. The number of rotatable bonds is 3. The van der Waals surface area contributed by atoms with Crippen LogP contribution in [0.5, 0.6) is 0 Å². The summed E-state index contributed by atoms with van der Waals surface area (Å²) in [5.41, 5.74) is 1.14. The van der Waals surface area contributed by atoms with Crippen molar-refractivity contribution in [2.45, 2.75) is 45.4 Å². The summed E-state index contributed by atoms with van der Waals surface area (Å²) in [6.45, 7) is 4.61. The van der Waals surface area contributed by atoms with Gasteiger partial charge in [0.15, 0.2) is 0 Å². The molecule has 0 aromatic heterocycles. The van der Waals surface area contributed by atoms with Crippen LogP contribution in [-0.2, 0) is 11.3 Å². The van der Waals surface area contributed by atoms with Gasteiger partial charge in [0, 0.05) is 12.6 Å². The van der Waals surface area contributed by atoms with Crippen molar-refractivity contribution in [1.82, 2.24) is 4.90 Å². The Balaban J connectivity index is 2.13. The number of benzene rings is 1. The summed E-state index contributed by atoms with van der Waals surface area (Å²) in [4.78, 5) is 14.2. The van der Waals surface area contributed by atoms with Crippen molar-refractivity contribution in [1.29, 1.82) is 0 Å². The molecule has 1 heterocycles. The summed E-state index contributed by atoms with van der Waals surface area (Å²) in [5, 5.41) is 9.95. The number of carbonyl (C=O) groups excluding carboxylic acids is 1. The monoisotopic (exact) mass is 247 g/mol. The van der Waals surface area contributed by atoms with Gasteiger partial charge < -0.3 is 10.0 Å². The number of aliphatic hydroxyl groups excluding tert-OH is 1. The van der Waals surface area contributed by atoms with Gasteiger partial charge in [0.05, 0.1) is 12.0 Å². The molecule has 2 unspecified atom stereocenters. The largest absolute Gasteiger partial charge is 0.392 e. The Morgan fingerprint density at radius 3 is 2.61 bits per heavy atom. The van der Waals surface area contributed by atoms with Crippen LogP contribution in [0.1, 0.15) is 32.3 Å². The molecule has 1 aliphatic rings. The van der Waals surface area contributed by atoms with Crippen LogP contribution in [0, 0.1) is 5.92 Å². The van der Waals surface area contributed by atoms with E-state index in [1.54, 1.807) is 0 Å². The molecule has 1 N–H and O–H groups in total. The molecule has 0 spiro atoms. The van der Waals surface area contributed by atoms with Crippen molar-refractivity contribution in [3.63, 3.8) is 0 Å². The van der Waals surface area contributed by atoms with Crippen LogP contribution in [0.15, 0.2) is 30.3 Å². The average Bonchev–Trinajstić information content (AvgIpc) is 2.36. The van der Waals surface area contributed by atoms with Gasteiger partial charge in [-0.3, -0.25) is 4.79 Å². The number of likely N-dealkylation sites (tertiary alicyclic amines) is 1. The molecule has 1 aromatic rings. The van der Waals surface area contributed by atoms with Crippen LogP contribution in [0.2, 0.25) is 0 Å². The van der Waals surface area contributed by atoms with E-state index in [2.05, 4.69) is 0 Å². The minimum absolute atomic E-state index is 0.0904. The highest BCUT2D eigenvalue weighted by atomic mass is 16.3. The van der Waals surface area contributed by atoms with Gasteiger partial charge in [-0.2, -0.15) is 0 Å². The first-order valence-corrected chi connectivity index (χ1v) is 6.66. The van der Waals surface area contributed by atoms with Gasteiger partial charge in [0.2, 0.25) is 5.91 Å². The number of piperidine rings is 1. The van der Waals surface area contributed by atoms with Gasteiger partial charge in [0.1, 0.15) is 0 Å². The molecule has 3 nitrogen and oxygen atoms in total. The molecule has 0 saturated carbocycles. The number of hydrogen-bond acceptors (Lipinski definition) is 2. The Morgan fingerprint density at radius 1 is 1.33 bits per heavy atom. The molecular weight excluding hydrogens is 226 g/mol. The van der Waals surface area contributed by atoms with Crippen molar-refractivity contribution in [3.05, 3.63) is 35.9 Å².